The number of hydrogen-bond acceptors (Lipinski definition) is 3. The molecule has 1 amide bonds. The van der Waals surface area contributed by atoms with Gasteiger partial charge in [0.25, 0.3) is 0 Å². The van der Waals surface area contributed by atoms with Crippen molar-refractivity contribution in [3.63, 3.8) is 0 Å². The van der Waals surface area contributed by atoms with Crippen LogP contribution in [0.15, 0.2) is 5.16 Å². The van der Waals surface area contributed by atoms with Crippen molar-refractivity contribution in [2.45, 2.75) is 66.2 Å². The van der Waals surface area contributed by atoms with Gasteiger partial charge in [0, 0.05) is 6.54 Å². The molecular formula is C16H31N3O2. The van der Waals surface area contributed by atoms with Crippen LogP contribution in [0.3, 0.4) is 0 Å². The summed E-state index contributed by atoms with van der Waals surface area (Å²) < 4.78 is 0. The van der Waals surface area contributed by atoms with Crippen LogP contribution in [0.5, 0.6) is 0 Å². The SMILES string of the molecule is CCCC(CCC)(C(=O)NCC1(C(C)C)CC1)C(N)=NO. The lowest BCUT2D eigenvalue weighted by Gasteiger charge is -2.32. The molecule has 0 aromatic carbocycles. The van der Waals surface area contributed by atoms with Crippen molar-refractivity contribution >= 4 is 11.7 Å². The van der Waals surface area contributed by atoms with E-state index in [0.717, 1.165) is 12.8 Å². The second-order valence-corrected chi connectivity index (χ2v) is 6.77. The average Bonchev–Trinajstić information content (AvgIpc) is 3.24. The summed E-state index contributed by atoms with van der Waals surface area (Å²) in [5, 5.41) is 15.3. The van der Waals surface area contributed by atoms with Gasteiger partial charge in [-0.05, 0) is 37.0 Å². The molecule has 0 aromatic heterocycles. The van der Waals surface area contributed by atoms with E-state index in [0.29, 0.717) is 25.3 Å². The second-order valence-electron chi connectivity index (χ2n) is 6.77. The van der Waals surface area contributed by atoms with Gasteiger partial charge < -0.3 is 16.3 Å². The van der Waals surface area contributed by atoms with Crippen LogP contribution in [0.25, 0.3) is 0 Å². The molecule has 1 rings (SSSR count). The predicted molar refractivity (Wildman–Crippen MR) is 85.2 cm³/mol. The molecule has 0 aromatic rings. The molecule has 4 N–H and O–H groups in total. The number of carbonyl (C=O) groups is 1. The van der Waals surface area contributed by atoms with E-state index in [-0.39, 0.29) is 17.2 Å². The van der Waals surface area contributed by atoms with E-state index in [4.69, 9.17) is 10.9 Å². The minimum absolute atomic E-state index is 0.0399. The first-order valence-corrected chi connectivity index (χ1v) is 8.15. The lowest BCUT2D eigenvalue weighted by molar-refractivity contribution is -0.128. The number of amidine groups is 1. The van der Waals surface area contributed by atoms with E-state index >= 15 is 0 Å². The normalized spacial score (nSPS) is 17.9. The van der Waals surface area contributed by atoms with Crippen LogP contribution in [-0.2, 0) is 4.79 Å². The van der Waals surface area contributed by atoms with E-state index in [1.54, 1.807) is 0 Å². The van der Waals surface area contributed by atoms with E-state index in [1.165, 1.54) is 12.8 Å². The lowest BCUT2D eigenvalue weighted by Crippen LogP contribution is -2.51. The molecule has 122 valence electrons. The Labute approximate surface area is 128 Å². The van der Waals surface area contributed by atoms with Crippen molar-refractivity contribution in [2.75, 3.05) is 6.54 Å². The van der Waals surface area contributed by atoms with E-state index in [9.17, 15) is 4.79 Å². The third-order valence-electron chi connectivity index (χ3n) is 5.10. The fourth-order valence-electron chi connectivity index (χ4n) is 3.22. The van der Waals surface area contributed by atoms with Crippen LogP contribution in [-0.4, -0.2) is 23.5 Å². The molecule has 1 fully saturated rings. The molecule has 0 bridgehead atoms. The molecule has 0 atom stereocenters. The highest BCUT2D eigenvalue weighted by Crippen LogP contribution is 2.51. The molecule has 1 aliphatic carbocycles. The van der Waals surface area contributed by atoms with Crippen LogP contribution < -0.4 is 11.1 Å². The van der Waals surface area contributed by atoms with Gasteiger partial charge in [-0.15, -0.1) is 0 Å². The Morgan fingerprint density at radius 3 is 2.19 bits per heavy atom. The molecule has 0 spiro atoms. The average molecular weight is 297 g/mol. The maximum atomic E-state index is 12.8. The Morgan fingerprint density at radius 1 is 1.33 bits per heavy atom. The van der Waals surface area contributed by atoms with E-state index < -0.39 is 5.41 Å². The monoisotopic (exact) mass is 297 g/mol. The zero-order chi connectivity index (χ0) is 16.1. The Hall–Kier alpha value is -1.26. The summed E-state index contributed by atoms with van der Waals surface area (Å²) >= 11 is 0. The number of nitrogens with one attached hydrogen (secondary N) is 1. The van der Waals surface area contributed by atoms with Crippen molar-refractivity contribution < 1.29 is 10.0 Å². The molecule has 0 radical (unpaired) electrons. The zero-order valence-electron chi connectivity index (χ0n) is 13.9. The first-order chi connectivity index (χ1) is 9.88. The van der Waals surface area contributed by atoms with Crippen molar-refractivity contribution in [3.8, 4) is 0 Å². The predicted octanol–water partition coefficient (Wildman–Crippen LogP) is 2.87. The fourth-order valence-corrected chi connectivity index (χ4v) is 3.22. The molecule has 5 heteroatoms. The quantitative estimate of drug-likeness (QED) is 0.265. The van der Waals surface area contributed by atoms with Crippen LogP contribution >= 0.6 is 0 Å². The number of nitrogens with two attached hydrogens (primary N) is 1. The Balaban J connectivity index is 2.84. The first kappa shape index (κ1) is 17.8. The van der Waals surface area contributed by atoms with Crippen molar-refractivity contribution in [3.05, 3.63) is 0 Å². The molecule has 0 unspecified atom stereocenters. The number of nitrogens with zero attached hydrogens (tertiary/aromatic N) is 1. The highest BCUT2D eigenvalue weighted by Gasteiger charge is 2.47. The van der Waals surface area contributed by atoms with Crippen LogP contribution in [0.4, 0.5) is 0 Å². The zero-order valence-corrected chi connectivity index (χ0v) is 13.9. The maximum absolute atomic E-state index is 12.8. The summed E-state index contributed by atoms with van der Waals surface area (Å²) in [6.45, 7) is 9.12. The smallest absolute Gasteiger partial charge is 0.233 e. The van der Waals surface area contributed by atoms with Crippen LogP contribution in [0, 0.1) is 16.7 Å². The molecule has 0 heterocycles. The standard InChI is InChI=1S/C16H31N3O2/c1-5-7-16(8-6-2,13(17)19-21)14(20)18-11-15(9-10-15)12(3)4/h12,21H,5-11H2,1-4H3,(H2,17,19)(H,18,20). The summed E-state index contributed by atoms with van der Waals surface area (Å²) in [6.07, 6.45) is 5.19. The fraction of sp³-hybridized carbons (Fsp3) is 0.875. The van der Waals surface area contributed by atoms with Gasteiger partial charge >= 0.3 is 0 Å². The van der Waals surface area contributed by atoms with Crippen molar-refractivity contribution in [1.29, 1.82) is 0 Å². The van der Waals surface area contributed by atoms with Gasteiger partial charge in [0.1, 0.15) is 5.41 Å². The van der Waals surface area contributed by atoms with Crippen molar-refractivity contribution in [2.24, 2.45) is 27.6 Å². The minimum atomic E-state index is -0.870. The van der Waals surface area contributed by atoms with Gasteiger partial charge in [-0.3, -0.25) is 4.79 Å². The maximum Gasteiger partial charge on any atom is 0.233 e. The molecule has 0 saturated heterocycles. The molecule has 0 aliphatic heterocycles. The summed E-state index contributed by atoms with van der Waals surface area (Å²) in [5.74, 6) is 0.514. The molecule has 21 heavy (non-hydrogen) atoms. The van der Waals surface area contributed by atoms with Crippen LogP contribution in [0.2, 0.25) is 0 Å². The molecule has 1 saturated carbocycles. The van der Waals surface area contributed by atoms with Gasteiger partial charge in [0.05, 0.1) is 0 Å². The molecular weight excluding hydrogens is 266 g/mol. The number of rotatable bonds is 9. The molecule has 1 aliphatic rings. The van der Waals surface area contributed by atoms with Gasteiger partial charge in [0.2, 0.25) is 5.91 Å². The topological polar surface area (TPSA) is 87.7 Å². The third-order valence-corrected chi connectivity index (χ3v) is 5.10. The van der Waals surface area contributed by atoms with E-state index in [2.05, 4.69) is 24.3 Å². The summed E-state index contributed by atoms with van der Waals surface area (Å²) in [4.78, 5) is 12.8. The summed E-state index contributed by atoms with van der Waals surface area (Å²) in [5.41, 5.74) is 5.26. The number of hydrogen-bond donors (Lipinski definition) is 3. The van der Waals surface area contributed by atoms with Gasteiger partial charge in [0.15, 0.2) is 5.84 Å². The van der Waals surface area contributed by atoms with Gasteiger partial charge in [-0.25, -0.2) is 0 Å². The van der Waals surface area contributed by atoms with Gasteiger partial charge in [-0.2, -0.15) is 0 Å². The Morgan fingerprint density at radius 2 is 1.86 bits per heavy atom. The van der Waals surface area contributed by atoms with Crippen molar-refractivity contribution in [1.82, 2.24) is 5.32 Å². The Kier molecular flexibility index (Phi) is 6.05. The first-order valence-electron chi connectivity index (χ1n) is 8.15. The Bertz CT molecular complexity index is 381. The lowest BCUT2D eigenvalue weighted by atomic mass is 9.77. The largest absolute Gasteiger partial charge is 0.409 e. The highest BCUT2D eigenvalue weighted by atomic mass is 16.4. The summed E-state index contributed by atoms with van der Waals surface area (Å²) in [6, 6.07) is 0. The third kappa shape index (κ3) is 3.69. The van der Waals surface area contributed by atoms with Crippen LogP contribution in [0.1, 0.15) is 66.2 Å². The van der Waals surface area contributed by atoms with E-state index in [1.807, 2.05) is 13.8 Å². The number of oxime groups is 1. The number of carbonyl (C=O) groups excluding carboxylic acids is 1. The second kappa shape index (κ2) is 7.14. The minimum Gasteiger partial charge on any atom is -0.409 e. The number of amides is 1. The van der Waals surface area contributed by atoms with Gasteiger partial charge in [-0.1, -0.05) is 45.7 Å². The molecule has 5 nitrogen and oxygen atoms in total. The highest BCUT2D eigenvalue weighted by molar-refractivity contribution is 6.06. The summed E-state index contributed by atoms with van der Waals surface area (Å²) in [7, 11) is 0.